The normalized spacial score (nSPS) is 17.7. The topological polar surface area (TPSA) is 84.5 Å². The molecule has 2 aromatic carbocycles. The van der Waals surface area contributed by atoms with Gasteiger partial charge in [-0.2, -0.15) is 0 Å². The number of amides is 2. The largest absolute Gasteiger partial charge is 0.465 e. The van der Waals surface area contributed by atoms with Gasteiger partial charge in [-0.25, -0.2) is 4.79 Å². The van der Waals surface area contributed by atoms with Gasteiger partial charge in [0.25, 0.3) is 0 Å². The number of methoxy groups -OCH3 is 1. The molecule has 0 aliphatic heterocycles. The minimum Gasteiger partial charge on any atom is -0.465 e. The summed E-state index contributed by atoms with van der Waals surface area (Å²) in [5.41, 5.74) is 3.76. The first-order valence-corrected chi connectivity index (χ1v) is 8.77. The number of carbonyl (C=O) groups excluding carboxylic acids is 3. The minimum absolute atomic E-state index is 0.146. The van der Waals surface area contributed by atoms with Crippen molar-refractivity contribution < 1.29 is 19.1 Å². The van der Waals surface area contributed by atoms with E-state index in [1.165, 1.54) is 7.11 Å². The smallest absolute Gasteiger partial charge is 0.337 e. The Morgan fingerprint density at radius 3 is 2.33 bits per heavy atom. The SMILES string of the molecule is COC(=O)c1cccc(NC(=O)C2CC2C(=O)Nc2cccc(C)c2C)c1. The lowest BCUT2D eigenvalue weighted by atomic mass is 10.1. The third-order valence-electron chi connectivity index (χ3n) is 4.88. The van der Waals surface area contributed by atoms with E-state index < -0.39 is 5.97 Å². The van der Waals surface area contributed by atoms with Crippen molar-refractivity contribution >= 4 is 29.2 Å². The molecule has 27 heavy (non-hydrogen) atoms. The fraction of sp³-hybridized carbons (Fsp3) is 0.286. The average molecular weight is 366 g/mol. The van der Waals surface area contributed by atoms with E-state index in [0.717, 1.165) is 16.8 Å². The van der Waals surface area contributed by atoms with E-state index in [2.05, 4.69) is 15.4 Å². The minimum atomic E-state index is -0.469. The van der Waals surface area contributed by atoms with Crippen molar-refractivity contribution in [3.8, 4) is 0 Å². The zero-order chi connectivity index (χ0) is 19.6. The summed E-state index contributed by atoms with van der Waals surface area (Å²) in [6, 6.07) is 12.3. The van der Waals surface area contributed by atoms with Crippen LogP contribution in [0.5, 0.6) is 0 Å². The van der Waals surface area contributed by atoms with Gasteiger partial charge in [-0.15, -0.1) is 0 Å². The highest BCUT2D eigenvalue weighted by atomic mass is 16.5. The van der Waals surface area contributed by atoms with Crippen molar-refractivity contribution in [2.45, 2.75) is 20.3 Å². The fourth-order valence-corrected chi connectivity index (χ4v) is 2.96. The summed E-state index contributed by atoms with van der Waals surface area (Å²) < 4.78 is 4.67. The van der Waals surface area contributed by atoms with Crippen LogP contribution in [0.1, 0.15) is 27.9 Å². The van der Waals surface area contributed by atoms with Crippen LogP contribution in [0.3, 0.4) is 0 Å². The van der Waals surface area contributed by atoms with Crippen molar-refractivity contribution in [1.29, 1.82) is 0 Å². The lowest BCUT2D eigenvalue weighted by Crippen LogP contribution is -2.21. The Morgan fingerprint density at radius 1 is 0.963 bits per heavy atom. The number of carbonyl (C=O) groups is 3. The monoisotopic (exact) mass is 366 g/mol. The van der Waals surface area contributed by atoms with E-state index in [1.54, 1.807) is 24.3 Å². The number of hydrogen-bond acceptors (Lipinski definition) is 4. The molecule has 0 heterocycles. The predicted molar refractivity (Wildman–Crippen MR) is 103 cm³/mol. The molecule has 1 saturated carbocycles. The summed E-state index contributed by atoms with van der Waals surface area (Å²) in [4.78, 5) is 36.4. The van der Waals surface area contributed by atoms with Crippen LogP contribution < -0.4 is 10.6 Å². The first-order chi connectivity index (χ1) is 12.9. The molecule has 3 rings (SSSR count). The molecule has 6 nitrogen and oxygen atoms in total. The summed E-state index contributed by atoms with van der Waals surface area (Å²) in [5, 5.41) is 5.68. The zero-order valence-electron chi connectivity index (χ0n) is 15.5. The maximum absolute atomic E-state index is 12.4. The Balaban J connectivity index is 1.59. The second kappa shape index (κ2) is 7.61. The van der Waals surface area contributed by atoms with E-state index in [4.69, 9.17) is 0 Å². The molecule has 1 aliphatic rings. The zero-order valence-corrected chi connectivity index (χ0v) is 15.5. The summed E-state index contributed by atoms with van der Waals surface area (Å²) in [6.45, 7) is 3.94. The van der Waals surface area contributed by atoms with Crippen LogP contribution in [-0.4, -0.2) is 24.9 Å². The summed E-state index contributed by atoms with van der Waals surface area (Å²) >= 11 is 0. The Labute approximate surface area is 157 Å². The van der Waals surface area contributed by atoms with E-state index in [0.29, 0.717) is 17.7 Å². The maximum Gasteiger partial charge on any atom is 0.337 e. The van der Waals surface area contributed by atoms with Gasteiger partial charge in [0.1, 0.15) is 0 Å². The van der Waals surface area contributed by atoms with E-state index in [9.17, 15) is 14.4 Å². The lowest BCUT2D eigenvalue weighted by molar-refractivity contribution is -0.122. The molecule has 2 atom stereocenters. The molecule has 0 saturated heterocycles. The molecular formula is C21H22N2O4. The maximum atomic E-state index is 12.4. The number of rotatable bonds is 5. The first kappa shape index (κ1) is 18.6. The van der Waals surface area contributed by atoms with Gasteiger partial charge in [0.15, 0.2) is 0 Å². The molecule has 2 amide bonds. The predicted octanol–water partition coefficient (Wildman–Crippen LogP) is 3.30. The summed E-state index contributed by atoms with van der Waals surface area (Å²) in [5.74, 6) is -1.54. The second-order valence-electron chi connectivity index (χ2n) is 6.75. The standard InChI is InChI=1S/C21H22N2O4/c1-12-6-4-9-18(13(12)2)23-20(25)17-11-16(17)19(24)22-15-8-5-7-14(10-15)21(26)27-3/h4-10,16-17H,11H2,1-3H3,(H,22,24)(H,23,25). The van der Waals surface area contributed by atoms with Gasteiger partial charge in [-0.3, -0.25) is 9.59 Å². The van der Waals surface area contributed by atoms with E-state index in [1.807, 2.05) is 32.0 Å². The number of aryl methyl sites for hydroxylation is 1. The third-order valence-corrected chi connectivity index (χ3v) is 4.88. The highest BCUT2D eigenvalue weighted by Gasteiger charge is 2.48. The van der Waals surface area contributed by atoms with E-state index >= 15 is 0 Å². The van der Waals surface area contributed by atoms with E-state index in [-0.39, 0.29) is 23.7 Å². The second-order valence-corrected chi connectivity index (χ2v) is 6.75. The van der Waals surface area contributed by atoms with Gasteiger partial charge < -0.3 is 15.4 Å². The highest BCUT2D eigenvalue weighted by molar-refractivity contribution is 6.04. The van der Waals surface area contributed by atoms with Gasteiger partial charge in [0.05, 0.1) is 24.5 Å². The van der Waals surface area contributed by atoms with Crippen LogP contribution in [-0.2, 0) is 14.3 Å². The third kappa shape index (κ3) is 4.16. The van der Waals surface area contributed by atoms with Gasteiger partial charge >= 0.3 is 5.97 Å². The molecule has 0 spiro atoms. The number of nitrogens with one attached hydrogen (secondary N) is 2. The fourth-order valence-electron chi connectivity index (χ4n) is 2.96. The summed E-state index contributed by atoms with van der Waals surface area (Å²) in [7, 11) is 1.30. The molecule has 1 aliphatic carbocycles. The van der Waals surface area contributed by atoms with Crippen molar-refractivity contribution in [2.75, 3.05) is 17.7 Å². The first-order valence-electron chi connectivity index (χ1n) is 8.77. The Hall–Kier alpha value is -3.15. The molecule has 0 radical (unpaired) electrons. The van der Waals surface area contributed by atoms with Crippen molar-refractivity contribution in [1.82, 2.24) is 0 Å². The number of ether oxygens (including phenoxy) is 1. The van der Waals surface area contributed by atoms with Crippen LogP contribution in [0.15, 0.2) is 42.5 Å². The molecule has 0 bridgehead atoms. The Bertz CT molecular complexity index is 907. The van der Waals surface area contributed by atoms with Gasteiger partial charge in [-0.05, 0) is 55.7 Å². The molecule has 0 aromatic heterocycles. The highest BCUT2D eigenvalue weighted by Crippen LogP contribution is 2.40. The summed E-state index contributed by atoms with van der Waals surface area (Å²) in [6.07, 6.45) is 0.513. The molecule has 1 fully saturated rings. The average Bonchev–Trinajstić information content (AvgIpc) is 3.46. The van der Waals surface area contributed by atoms with Crippen LogP contribution in [0.2, 0.25) is 0 Å². The number of esters is 1. The van der Waals surface area contributed by atoms with Crippen molar-refractivity contribution in [3.05, 3.63) is 59.2 Å². The van der Waals surface area contributed by atoms with Gasteiger partial charge in [0, 0.05) is 11.4 Å². The van der Waals surface area contributed by atoms with Gasteiger partial charge in [0.2, 0.25) is 11.8 Å². The number of anilines is 2. The van der Waals surface area contributed by atoms with Crippen LogP contribution in [0, 0.1) is 25.7 Å². The Kier molecular flexibility index (Phi) is 5.26. The van der Waals surface area contributed by atoms with Crippen LogP contribution in [0.25, 0.3) is 0 Å². The van der Waals surface area contributed by atoms with Crippen LogP contribution >= 0.6 is 0 Å². The Morgan fingerprint density at radius 2 is 1.63 bits per heavy atom. The quantitative estimate of drug-likeness (QED) is 0.795. The molecule has 140 valence electrons. The lowest BCUT2D eigenvalue weighted by Gasteiger charge is -2.10. The number of benzene rings is 2. The van der Waals surface area contributed by atoms with Crippen molar-refractivity contribution in [3.63, 3.8) is 0 Å². The molecular weight excluding hydrogens is 344 g/mol. The van der Waals surface area contributed by atoms with Crippen molar-refractivity contribution in [2.24, 2.45) is 11.8 Å². The molecule has 2 unspecified atom stereocenters. The number of hydrogen-bond donors (Lipinski definition) is 2. The molecule has 2 N–H and O–H groups in total. The molecule has 2 aromatic rings. The van der Waals surface area contributed by atoms with Gasteiger partial charge in [-0.1, -0.05) is 18.2 Å². The molecule has 6 heteroatoms. The van der Waals surface area contributed by atoms with Crippen LogP contribution in [0.4, 0.5) is 11.4 Å².